The lowest BCUT2D eigenvalue weighted by Crippen LogP contribution is -2.45. The molecule has 1 aromatic carbocycles. The molecule has 1 aliphatic heterocycles. The van der Waals surface area contributed by atoms with Crippen LogP contribution in [0.15, 0.2) is 52.7 Å². The van der Waals surface area contributed by atoms with Crippen molar-refractivity contribution >= 4 is 57.5 Å². The molecule has 2 amide bonds. The van der Waals surface area contributed by atoms with Gasteiger partial charge in [0.25, 0.3) is 5.91 Å². The van der Waals surface area contributed by atoms with Gasteiger partial charge >= 0.3 is 0 Å². The Kier molecular flexibility index (Phi) is 6.78. The minimum Gasteiger partial charge on any atom is -0.394 e. The normalized spacial score (nSPS) is 16.8. The predicted octanol–water partition coefficient (Wildman–Crippen LogP) is 2.67. The fourth-order valence-electron chi connectivity index (χ4n) is 2.62. The summed E-state index contributed by atoms with van der Waals surface area (Å²) < 4.78 is 0.363. The van der Waals surface area contributed by atoms with Gasteiger partial charge in [0.05, 0.1) is 17.6 Å². The third kappa shape index (κ3) is 5.26. The number of benzene rings is 1. The van der Waals surface area contributed by atoms with E-state index in [1.54, 1.807) is 6.08 Å². The molecule has 27 heavy (non-hydrogen) atoms. The second-order valence-corrected chi connectivity index (χ2v) is 8.58. The number of thiophene rings is 1. The molecule has 1 unspecified atom stereocenters. The zero-order valence-electron chi connectivity index (χ0n) is 14.3. The van der Waals surface area contributed by atoms with Crippen LogP contribution in [0.3, 0.4) is 0 Å². The van der Waals surface area contributed by atoms with Gasteiger partial charge in [0.1, 0.15) is 10.9 Å². The third-order valence-electron chi connectivity index (χ3n) is 3.90. The summed E-state index contributed by atoms with van der Waals surface area (Å²) in [6.07, 6.45) is 2.30. The van der Waals surface area contributed by atoms with Crippen LogP contribution in [0.1, 0.15) is 10.4 Å². The number of carbonyl (C=O) groups excluding carboxylic acids is 2. The number of rotatable bonds is 7. The van der Waals surface area contributed by atoms with E-state index in [1.807, 2.05) is 47.8 Å². The lowest BCUT2D eigenvalue weighted by atomic mass is 10.1. The second-order valence-electron chi connectivity index (χ2n) is 5.92. The van der Waals surface area contributed by atoms with Crippen LogP contribution in [-0.2, 0) is 16.0 Å². The highest BCUT2D eigenvalue weighted by Crippen LogP contribution is 2.33. The van der Waals surface area contributed by atoms with Gasteiger partial charge in [0, 0.05) is 4.88 Å². The van der Waals surface area contributed by atoms with Gasteiger partial charge in [-0.15, -0.1) is 11.3 Å². The van der Waals surface area contributed by atoms with Crippen LogP contribution in [0.25, 0.3) is 6.08 Å². The predicted molar refractivity (Wildman–Crippen MR) is 113 cm³/mol. The molecule has 140 valence electrons. The fourth-order valence-corrected chi connectivity index (χ4v) is 4.59. The lowest BCUT2D eigenvalue weighted by molar-refractivity contribution is -0.129. The van der Waals surface area contributed by atoms with Crippen molar-refractivity contribution in [3.8, 4) is 0 Å². The van der Waals surface area contributed by atoms with Crippen LogP contribution >= 0.6 is 35.3 Å². The van der Waals surface area contributed by atoms with Gasteiger partial charge in [0.15, 0.2) is 0 Å². The average Bonchev–Trinajstić information content (AvgIpc) is 3.26. The summed E-state index contributed by atoms with van der Waals surface area (Å²) in [5, 5.41) is 14.3. The van der Waals surface area contributed by atoms with Gasteiger partial charge in [-0.1, -0.05) is 60.4 Å². The van der Waals surface area contributed by atoms with Gasteiger partial charge in [-0.3, -0.25) is 14.5 Å². The summed E-state index contributed by atoms with van der Waals surface area (Å²) in [5.41, 5.74) is 1.02. The molecule has 0 saturated carbocycles. The summed E-state index contributed by atoms with van der Waals surface area (Å²) in [5.74, 6) is -0.615. The van der Waals surface area contributed by atoms with Gasteiger partial charge in [-0.25, -0.2) is 0 Å². The molecule has 0 spiro atoms. The number of aliphatic hydroxyl groups excluding tert-OH is 1. The SMILES string of the molecule is O=C(CN1C(=O)/C(=C/c2cccs2)SC1=S)NC(CO)Cc1ccccc1. The number of nitrogens with one attached hydrogen (secondary N) is 1. The smallest absolute Gasteiger partial charge is 0.266 e. The van der Waals surface area contributed by atoms with Crippen molar-refractivity contribution in [1.29, 1.82) is 0 Å². The van der Waals surface area contributed by atoms with Crippen LogP contribution < -0.4 is 5.32 Å². The maximum atomic E-state index is 12.5. The van der Waals surface area contributed by atoms with Crippen LogP contribution in [0, 0.1) is 0 Å². The Bertz CT molecular complexity index is 850. The molecule has 1 aromatic heterocycles. The number of amides is 2. The molecule has 1 saturated heterocycles. The van der Waals surface area contributed by atoms with Crippen LogP contribution in [0.2, 0.25) is 0 Å². The first-order valence-electron chi connectivity index (χ1n) is 8.30. The van der Waals surface area contributed by atoms with E-state index in [9.17, 15) is 14.7 Å². The highest BCUT2D eigenvalue weighted by Gasteiger charge is 2.33. The Labute approximate surface area is 171 Å². The molecular weight excluding hydrogens is 400 g/mol. The van der Waals surface area contributed by atoms with Gasteiger partial charge in [-0.2, -0.15) is 0 Å². The molecule has 1 fully saturated rings. The Hall–Kier alpha value is -2.00. The average molecular weight is 419 g/mol. The molecule has 0 radical (unpaired) electrons. The summed E-state index contributed by atoms with van der Waals surface area (Å²) in [4.78, 5) is 27.7. The fraction of sp³-hybridized carbons (Fsp3) is 0.211. The number of thioether (sulfide) groups is 1. The lowest BCUT2D eigenvalue weighted by Gasteiger charge is -2.19. The van der Waals surface area contributed by atoms with Crippen LogP contribution in [0.4, 0.5) is 0 Å². The van der Waals surface area contributed by atoms with Crippen molar-refractivity contribution in [3.63, 3.8) is 0 Å². The summed E-state index contributed by atoms with van der Waals surface area (Å²) >= 11 is 7.98. The van der Waals surface area contributed by atoms with E-state index >= 15 is 0 Å². The first-order valence-corrected chi connectivity index (χ1v) is 10.4. The standard InChI is InChI=1S/C19H18N2O3S3/c22-12-14(9-13-5-2-1-3-6-13)20-17(23)11-21-18(24)16(27-19(21)25)10-15-7-4-8-26-15/h1-8,10,14,22H,9,11-12H2,(H,20,23)/b16-10-. The van der Waals surface area contributed by atoms with Gasteiger partial charge in [-0.05, 0) is 29.5 Å². The maximum absolute atomic E-state index is 12.5. The first kappa shape index (κ1) is 19.8. The van der Waals surface area contributed by atoms with E-state index in [1.165, 1.54) is 28.0 Å². The molecular formula is C19H18N2O3S3. The van der Waals surface area contributed by atoms with Crippen LogP contribution in [-0.4, -0.2) is 45.3 Å². The highest BCUT2D eigenvalue weighted by atomic mass is 32.2. The van der Waals surface area contributed by atoms with E-state index in [2.05, 4.69) is 5.32 Å². The maximum Gasteiger partial charge on any atom is 0.266 e. The molecule has 1 aliphatic rings. The second kappa shape index (κ2) is 9.27. The monoisotopic (exact) mass is 418 g/mol. The van der Waals surface area contributed by atoms with Crippen molar-refractivity contribution in [2.24, 2.45) is 0 Å². The minimum absolute atomic E-state index is 0.155. The summed E-state index contributed by atoms with van der Waals surface area (Å²) in [7, 11) is 0. The molecule has 5 nitrogen and oxygen atoms in total. The number of nitrogens with zero attached hydrogens (tertiary/aromatic N) is 1. The van der Waals surface area contributed by atoms with Crippen molar-refractivity contribution in [1.82, 2.24) is 10.2 Å². The number of hydrogen-bond acceptors (Lipinski definition) is 6. The van der Waals surface area contributed by atoms with E-state index in [0.29, 0.717) is 15.6 Å². The van der Waals surface area contributed by atoms with E-state index < -0.39 is 6.04 Å². The van der Waals surface area contributed by atoms with Crippen molar-refractivity contribution in [2.75, 3.05) is 13.2 Å². The van der Waals surface area contributed by atoms with E-state index in [0.717, 1.165) is 10.4 Å². The zero-order chi connectivity index (χ0) is 19.2. The van der Waals surface area contributed by atoms with Crippen molar-refractivity contribution < 1.29 is 14.7 Å². The largest absolute Gasteiger partial charge is 0.394 e. The quantitative estimate of drug-likeness (QED) is 0.534. The Morgan fingerprint density at radius 2 is 2.04 bits per heavy atom. The summed E-state index contributed by atoms with van der Waals surface area (Å²) in [6, 6.07) is 13.0. The number of thiocarbonyl (C=S) groups is 1. The van der Waals surface area contributed by atoms with Crippen molar-refractivity contribution in [2.45, 2.75) is 12.5 Å². The third-order valence-corrected chi connectivity index (χ3v) is 6.10. The number of aliphatic hydroxyl groups is 1. The Balaban J connectivity index is 1.59. The highest BCUT2D eigenvalue weighted by molar-refractivity contribution is 8.26. The molecule has 0 aliphatic carbocycles. The van der Waals surface area contributed by atoms with Gasteiger partial charge < -0.3 is 10.4 Å². The van der Waals surface area contributed by atoms with E-state index in [4.69, 9.17) is 12.2 Å². The summed E-state index contributed by atoms with van der Waals surface area (Å²) in [6.45, 7) is -0.338. The number of carbonyl (C=O) groups is 2. The molecule has 1 atom stereocenters. The van der Waals surface area contributed by atoms with E-state index in [-0.39, 0.29) is 25.0 Å². The molecule has 8 heteroatoms. The Morgan fingerprint density at radius 3 is 2.70 bits per heavy atom. The topological polar surface area (TPSA) is 69.6 Å². The van der Waals surface area contributed by atoms with Crippen LogP contribution in [0.5, 0.6) is 0 Å². The number of hydrogen-bond donors (Lipinski definition) is 2. The molecule has 3 rings (SSSR count). The molecule has 0 bridgehead atoms. The van der Waals surface area contributed by atoms with Crippen molar-refractivity contribution in [3.05, 3.63) is 63.2 Å². The van der Waals surface area contributed by atoms with Gasteiger partial charge in [0.2, 0.25) is 5.91 Å². The Morgan fingerprint density at radius 1 is 1.26 bits per heavy atom. The molecule has 2 N–H and O–H groups in total. The molecule has 2 heterocycles. The minimum atomic E-state index is -0.417. The zero-order valence-corrected chi connectivity index (χ0v) is 16.8. The molecule has 2 aromatic rings. The first-order chi connectivity index (χ1) is 13.1.